The molecule has 19 heavy (non-hydrogen) atoms. The van der Waals surface area contributed by atoms with Crippen molar-refractivity contribution in [1.82, 2.24) is 15.0 Å². The van der Waals surface area contributed by atoms with Crippen LogP contribution in [0.3, 0.4) is 0 Å². The van der Waals surface area contributed by atoms with Crippen molar-refractivity contribution in [3.63, 3.8) is 0 Å². The molecular weight excluding hydrogens is 236 g/mol. The molecular formula is C15H18N4. The van der Waals surface area contributed by atoms with E-state index < -0.39 is 0 Å². The highest BCUT2D eigenvalue weighted by molar-refractivity contribution is 5.54. The SMILES string of the molecule is Cc1nc(-c2ccncc2)nc2c1CC(CN)CC2. The van der Waals surface area contributed by atoms with Gasteiger partial charge in [-0.15, -0.1) is 0 Å². The van der Waals surface area contributed by atoms with Crippen LogP contribution in [-0.4, -0.2) is 21.5 Å². The van der Waals surface area contributed by atoms with E-state index in [4.69, 9.17) is 10.7 Å². The molecule has 3 rings (SSSR count). The number of aromatic nitrogens is 3. The molecule has 98 valence electrons. The Morgan fingerprint density at radius 1 is 1.26 bits per heavy atom. The molecule has 1 aliphatic carbocycles. The number of hydrogen-bond donors (Lipinski definition) is 1. The average molecular weight is 254 g/mol. The van der Waals surface area contributed by atoms with Crippen molar-refractivity contribution in [2.75, 3.05) is 6.54 Å². The molecule has 0 aromatic carbocycles. The second-order valence-electron chi connectivity index (χ2n) is 5.14. The zero-order valence-corrected chi connectivity index (χ0v) is 11.1. The highest BCUT2D eigenvalue weighted by atomic mass is 14.9. The third kappa shape index (κ3) is 2.36. The van der Waals surface area contributed by atoms with Gasteiger partial charge in [0.2, 0.25) is 0 Å². The van der Waals surface area contributed by atoms with Crippen molar-refractivity contribution < 1.29 is 0 Å². The summed E-state index contributed by atoms with van der Waals surface area (Å²) in [6.45, 7) is 2.83. The van der Waals surface area contributed by atoms with Gasteiger partial charge in [-0.2, -0.15) is 0 Å². The Balaban J connectivity index is 2.01. The third-order valence-electron chi connectivity index (χ3n) is 3.85. The molecule has 1 aliphatic rings. The smallest absolute Gasteiger partial charge is 0.159 e. The minimum Gasteiger partial charge on any atom is -0.330 e. The van der Waals surface area contributed by atoms with Crippen LogP contribution < -0.4 is 5.73 Å². The monoisotopic (exact) mass is 254 g/mol. The molecule has 2 aromatic rings. The van der Waals surface area contributed by atoms with Gasteiger partial charge in [-0.3, -0.25) is 4.98 Å². The second kappa shape index (κ2) is 5.05. The molecule has 0 saturated heterocycles. The van der Waals surface area contributed by atoms with Gasteiger partial charge >= 0.3 is 0 Å². The summed E-state index contributed by atoms with van der Waals surface area (Å²) < 4.78 is 0. The molecule has 2 aromatic heterocycles. The molecule has 0 saturated carbocycles. The van der Waals surface area contributed by atoms with Crippen LogP contribution in [0, 0.1) is 12.8 Å². The van der Waals surface area contributed by atoms with E-state index in [1.54, 1.807) is 12.4 Å². The summed E-state index contributed by atoms with van der Waals surface area (Å²) in [5.74, 6) is 1.39. The summed E-state index contributed by atoms with van der Waals surface area (Å²) >= 11 is 0. The average Bonchev–Trinajstić information content (AvgIpc) is 2.48. The lowest BCUT2D eigenvalue weighted by Crippen LogP contribution is -2.24. The first-order valence-corrected chi connectivity index (χ1v) is 6.74. The number of fused-ring (bicyclic) bond motifs is 1. The molecule has 0 radical (unpaired) electrons. The van der Waals surface area contributed by atoms with E-state index in [0.29, 0.717) is 5.92 Å². The summed E-state index contributed by atoms with van der Waals surface area (Å²) in [6.07, 6.45) is 6.72. The first kappa shape index (κ1) is 12.2. The minimum absolute atomic E-state index is 0.585. The standard InChI is InChI=1S/C15H18N4/c1-10-13-8-11(9-16)2-3-14(13)19-15(18-10)12-4-6-17-7-5-12/h4-7,11H,2-3,8-9,16H2,1H3. The number of nitrogens with two attached hydrogens (primary N) is 1. The fourth-order valence-electron chi connectivity index (χ4n) is 2.69. The summed E-state index contributed by atoms with van der Waals surface area (Å²) in [5.41, 5.74) is 10.4. The maximum atomic E-state index is 5.78. The number of hydrogen-bond acceptors (Lipinski definition) is 4. The quantitative estimate of drug-likeness (QED) is 0.889. The molecule has 0 amide bonds. The van der Waals surface area contributed by atoms with Gasteiger partial charge in [-0.1, -0.05) is 0 Å². The Morgan fingerprint density at radius 2 is 2.05 bits per heavy atom. The minimum atomic E-state index is 0.585. The van der Waals surface area contributed by atoms with Gasteiger partial charge in [-0.05, 0) is 56.3 Å². The predicted octanol–water partition coefficient (Wildman–Crippen LogP) is 1.91. The number of nitrogens with zero attached hydrogens (tertiary/aromatic N) is 3. The van der Waals surface area contributed by atoms with Crippen LogP contribution in [0.2, 0.25) is 0 Å². The van der Waals surface area contributed by atoms with Crippen molar-refractivity contribution in [2.45, 2.75) is 26.2 Å². The molecule has 0 fully saturated rings. The Kier molecular flexibility index (Phi) is 3.25. The zero-order chi connectivity index (χ0) is 13.2. The predicted molar refractivity (Wildman–Crippen MR) is 74.6 cm³/mol. The maximum absolute atomic E-state index is 5.78. The number of aryl methyl sites for hydroxylation is 2. The van der Waals surface area contributed by atoms with Crippen LogP contribution in [0.1, 0.15) is 23.4 Å². The molecule has 1 atom stereocenters. The lowest BCUT2D eigenvalue weighted by atomic mass is 9.86. The fourth-order valence-corrected chi connectivity index (χ4v) is 2.69. The van der Waals surface area contributed by atoms with Crippen LogP contribution in [0.25, 0.3) is 11.4 Å². The number of pyridine rings is 1. The molecule has 2 N–H and O–H groups in total. The summed E-state index contributed by atoms with van der Waals surface area (Å²) in [5, 5.41) is 0. The first-order chi connectivity index (χ1) is 9.28. The molecule has 4 nitrogen and oxygen atoms in total. The second-order valence-corrected chi connectivity index (χ2v) is 5.14. The van der Waals surface area contributed by atoms with Gasteiger partial charge in [0.15, 0.2) is 5.82 Å². The maximum Gasteiger partial charge on any atom is 0.159 e. The van der Waals surface area contributed by atoms with Crippen molar-refractivity contribution in [3.05, 3.63) is 41.5 Å². The van der Waals surface area contributed by atoms with Crippen LogP contribution in [0.5, 0.6) is 0 Å². The van der Waals surface area contributed by atoms with Crippen molar-refractivity contribution >= 4 is 0 Å². The van der Waals surface area contributed by atoms with Crippen molar-refractivity contribution in [2.24, 2.45) is 11.7 Å². The highest BCUT2D eigenvalue weighted by Gasteiger charge is 2.21. The molecule has 1 unspecified atom stereocenters. The zero-order valence-electron chi connectivity index (χ0n) is 11.1. The van der Waals surface area contributed by atoms with E-state index in [1.807, 2.05) is 12.1 Å². The van der Waals surface area contributed by atoms with Gasteiger partial charge in [0.25, 0.3) is 0 Å². The Bertz CT molecular complexity index is 580. The van der Waals surface area contributed by atoms with Crippen LogP contribution in [0.4, 0.5) is 0 Å². The van der Waals surface area contributed by atoms with Crippen LogP contribution in [-0.2, 0) is 12.8 Å². The Morgan fingerprint density at radius 3 is 2.79 bits per heavy atom. The number of rotatable bonds is 2. The van der Waals surface area contributed by atoms with Crippen molar-refractivity contribution in [3.8, 4) is 11.4 Å². The fraction of sp³-hybridized carbons (Fsp3) is 0.400. The lowest BCUT2D eigenvalue weighted by Gasteiger charge is -2.24. The van der Waals surface area contributed by atoms with Gasteiger partial charge < -0.3 is 5.73 Å². The normalized spacial score (nSPS) is 18.1. The molecule has 0 bridgehead atoms. The van der Waals surface area contributed by atoms with Crippen LogP contribution in [0.15, 0.2) is 24.5 Å². The van der Waals surface area contributed by atoms with E-state index in [0.717, 1.165) is 42.9 Å². The van der Waals surface area contributed by atoms with E-state index in [1.165, 1.54) is 11.3 Å². The molecule has 0 spiro atoms. The van der Waals surface area contributed by atoms with E-state index >= 15 is 0 Å². The lowest BCUT2D eigenvalue weighted by molar-refractivity contribution is 0.460. The van der Waals surface area contributed by atoms with Gasteiger partial charge in [0.1, 0.15) is 0 Å². The first-order valence-electron chi connectivity index (χ1n) is 6.74. The molecule has 2 heterocycles. The largest absolute Gasteiger partial charge is 0.330 e. The van der Waals surface area contributed by atoms with Gasteiger partial charge in [0.05, 0.1) is 0 Å². The summed E-state index contributed by atoms with van der Waals surface area (Å²) in [4.78, 5) is 13.4. The Hall–Kier alpha value is -1.81. The molecule has 0 aliphatic heterocycles. The van der Waals surface area contributed by atoms with E-state index in [9.17, 15) is 0 Å². The van der Waals surface area contributed by atoms with Gasteiger partial charge in [0, 0.05) is 29.3 Å². The Labute approximate surface area is 113 Å². The highest BCUT2D eigenvalue weighted by Crippen LogP contribution is 2.27. The molecule has 4 heteroatoms. The van der Waals surface area contributed by atoms with Crippen LogP contribution >= 0.6 is 0 Å². The van der Waals surface area contributed by atoms with Crippen molar-refractivity contribution in [1.29, 1.82) is 0 Å². The topological polar surface area (TPSA) is 64.7 Å². The van der Waals surface area contributed by atoms with Gasteiger partial charge in [-0.25, -0.2) is 9.97 Å². The third-order valence-corrected chi connectivity index (χ3v) is 3.85. The van der Waals surface area contributed by atoms with E-state index in [-0.39, 0.29) is 0 Å². The summed E-state index contributed by atoms with van der Waals surface area (Å²) in [7, 11) is 0. The van der Waals surface area contributed by atoms with E-state index in [2.05, 4.69) is 16.9 Å². The summed E-state index contributed by atoms with van der Waals surface area (Å²) in [6, 6.07) is 3.90.